The molecule has 2 heterocycles. The van der Waals surface area contributed by atoms with Crippen LogP contribution in [0, 0.1) is 5.92 Å². The summed E-state index contributed by atoms with van der Waals surface area (Å²) in [5.74, 6) is 2.65. The lowest BCUT2D eigenvalue weighted by Gasteiger charge is -2.34. The van der Waals surface area contributed by atoms with Gasteiger partial charge in [-0.1, -0.05) is 23.3 Å². The van der Waals surface area contributed by atoms with Crippen molar-refractivity contribution in [3.05, 3.63) is 53.6 Å². The van der Waals surface area contributed by atoms with Gasteiger partial charge in [0.25, 0.3) is 0 Å². The number of hydrogen-bond donors (Lipinski definition) is 2. The van der Waals surface area contributed by atoms with Crippen LogP contribution >= 0.6 is 0 Å². The first-order chi connectivity index (χ1) is 10.6. The van der Waals surface area contributed by atoms with Crippen LogP contribution in [0.25, 0.3) is 0 Å². The Morgan fingerprint density at radius 2 is 1.73 bits per heavy atom. The summed E-state index contributed by atoms with van der Waals surface area (Å²) in [6.45, 7) is 0. The first-order valence-electron chi connectivity index (χ1n) is 7.25. The average Bonchev–Trinajstić information content (AvgIpc) is 2.89. The van der Waals surface area contributed by atoms with Gasteiger partial charge in [-0.15, -0.1) is 0 Å². The fourth-order valence-corrected chi connectivity index (χ4v) is 5.28. The van der Waals surface area contributed by atoms with Crippen LogP contribution in [0.15, 0.2) is 42.5 Å². The van der Waals surface area contributed by atoms with E-state index in [2.05, 4.69) is 0 Å². The summed E-state index contributed by atoms with van der Waals surface area (Å²) in [4.78, 5) is 0. The highest BCUT2D eigenvalue weighted by Gasteiger charge is 2.48. The number of phenolic OH excluding ortho intramolecular Hbond substituents is 2. The molecule has 2 aliphatic heterocycles. The molecule has 0 aromatic heterocycles. The van der Waals surface area contributed by atoms with Crippen molar-refractivity contribution in [1.82, 2.24) is 0 Å². The van der Waals surface area contributed by atoms with Crippen LogP contribution in [0.2, 0.25) is 0 Å². The third-order valence-corrected chi connectivity index (χ3v) is 6.01. The zero-order valence-corrected chi connectivity index (χ0v) is 12.6. The Morgan fingerprint density at radius 1 is 1.00 bits per heavy atom. The molecule has 2 aromatic carbocycles. The highest BCUT2D eigenvalue weighted by molar-refractivity contribution is 7.91. The number of fused-ring (bicyclic) bond motifs is 3. The van der Waals surface area contributed by atoms with E-state index in [9.17, 15) is 14.8 Å². The maximum atomic E-state index is 12.1. The molecule has 1 unspecified atom stereocenters. The van der Waals surface area contributed by atoms with E-state index in [-0.39, 0.29) is 29.4 Å². The van der Waals surface area contributed by atoms with Crippen molar-refractivity contribution in [2.24, 2.45) is 5.92 Å². The molecule has 1 fully saturated rings. The number of ether oxygens (including phenoxy) is 1. The SMILES string of the molecule is [O-][S+]1C[C@@H]2[C@H](C1)c1cc(O)ccc1O[C@@H]2c1ccc(O)cc1. The maximum Gasteiger partial charge on any atom is 0.132 e. The maximum absolute atomic E-state index is 12.1. The van der Waals surface area contributed by atoms with Crippen LogP contribution in [0.5, 0.6) is 17.2 Å². The van der Waals surface area contributed by atoms with Gasteiger partial charge in [-0.2, -0.15) is 0 Å². The predicted molar refractivity (Wildman–Crippen MR) is 83.7 cm³/mol. The van der Waals surface area contributed by atoms with Gasteiger partial charge in [0.1, 0.15) is 34.9 Å². The van der Waals surface area contributed by atoms with Crippen LogP contribution in [0.3, 0.4) is 0 Å². The molecule has 1 saturated heterocycles. The van der Waals surface area contributed by atoms with Gasteiger partial charge in [-0.05, 0) is 35.9 Å². The summed E-state index contributed by atoms with van der Waals surface area (Å²) in [5, 5.41) is 19.2. The summed E-state index contributed by atoms with van der Waals surface area (Å²) in [7, 11) is 0. The first-order valence-corrected chi connectivity index (χ1v) is 8.74. The fourth-order valence-electron chi connectivity index (χ4n) is 3.48. The first kappa shape index (κ1) is 13.8. The minimum atomic E-state index is -0.867. The van der Waals surface area contributed by atoms with Gasteiger partial charge in [0.2, 0.25) is 0 Å². The van der Waals surface area contributed by atoms with E-state index in [1.54, 1.807) is 30.3 Å². The minimum Gasteiger partial charge on any atom is -0.616 e. The van der Waals surface area contributed by atoms with Crippen LogP contribution < -0.4 is 4.74 Å². The van der Waals surface area contributed by atoms with E-state index in [4.69, 9.17) is 4.74 Å². The zero-order chi connectivity index (χ0) is 15.3. The Labute approximate surface area is 131 Å². The molecule has 5 heteroatoms. The van der Waals surface area contributed by atoms with Crippen LogP contribution in [-0.2, 0) is 11.2 Å². The zero-order valence-electron chi connectivity index (χ0n) is 11.8. The lowest BCUT2D eigenvalue weighted by Crippen LogP contribution is -2.29. The average molecular weight is 316 g/mol. The quantitative estimate of drug-likeness (QED) is 0.793. The van der Waals surface area contributed by atoms with Crippen LogP contribution in [0.1, 0.15) is 23.1 Å². The molecule has 4 rings (SSSR count). The molecule has 114 valence electrons. The second kappa shape index (κ2) is 5.11. The largest absolute Gasteiger partial charge is 0.616 e. The van der Waals surface area contributed by atoms with Crippen molar-refractivity contribution in [2.75, 3.05) is 11.5 Å². The molecule has 2 aromatic rings. The summed E-state index contributed by atoms with van der Waals surface area (Å²) >= 11 is -0.867. The third kappa shape index (κ3) is 2.21. The molecule has 0 bridgehead atoms. The smallest absolute Gasteiger partial charge is 0.132 e. The van der Waals surface area contributed by atoms with Gasteiger partial charge in [-0.3, -0.25) is 0 Å². The van der Waals surface area contributed by atoms with Crippen molar-refractivity contribution in [3.63, 3.8) is 0 Å². The molecule has 2 N–H and O–H groups in total. The van der Waals surface area contributed by atoms with Gasteiger partial charge in [0.05, 0.1) is 5.92 Å². The number of phenols is 2. The van der Waals surface area contributed by atoms with Gasteiger partial charge in [0, 0.05) is 11.5 Å². The molecule has 22 heavy (non-hydrogen) atoms. The normalized spacial score (nSPS) is 29.5. The topological polar surface area (TPSA) is 72.8 Å². The van der Waals surface area contributed by atoms with E-state index in [1.807, 2.05) is 12.1 Å². The van der Waals surface area contributed by atoms with Gasteiger partial charge in [-0.25, -0.2) is 0 Å². The molecule has 4 nitrogen and oxygen atoms in total. The summed E-state index contributed by atoms with van der Waals surface area (Å²) < 4.78 is 18.2. The number of benzene rings is 2. The predicted octanol–water partition coefficient (Wildman–Crippen LogP) is 2.69. The van der Waals surface area contributed by atoms with Crippen molar-refractivity contribution in [2.45, 2.75) is 12.0 Å². The van der Waals surface area contributed by atoms with Crippen molar-refractivity contribution in [1.29, 1.82) is 0 Å². The van der Waals surface area contributed by atoms with Crippen LogP contribution in [-0.4, -0.2) is 26.3 Å². The molecule has 0 aliphatic carbocycles. The van der Waals surface area contributed by atoms with E-state index in [0.717, 1.165) is 16.9 Å². The molecule has 4 atom stereocenters. The summed E-state index contributed by atoms with van der Waals surface area (Å²) in [5.41, 5.74) is 1.93. The van der Waals surface area contributed by atoms with Gasteiger partial charge in [0.15, 0.2) is 0 Å². The molecule has 0 radical (unpaired) electrons. The standard InChI is InChI=1S/C17H16O4S/c18-11-3-1-10(2-4-11)17-15-9-22(20)8-14(15)13-7-12(19)5-6-16(13)21-17/h1-7,14-15,17-19H,8-9H2/t14-,15-,17-,22?/m1/s1. The lowest BCUT2D eigenvalue weighted by molar-refractivity contribution is 0.114. The fraction of sp³-hybridized carbons (Fsp3) is 0.294. The Hall–Kier alpha value is -1.85. The minimum absolute atomic E-state index is 0.125. The number of hydrogen-bond acceptors (Lipinski definition) is 4. The highest BCUT2D eigenvalue weighted by Crippen LogP contribution is 2.51. The lowest BCUT2D eigenvalue weighted by atomic mass is 9.80. The third-order valence-electron chi connectivity index (χ3n) is 4.52. The van der Waals surface area contributed by atoms with E-state index in [0.29, 0.717) is 11.5 Å². The molecule has 0 saturated carbocycles. The van der Waals surface area contributed by atoms with Gasteiger partial charge < -0.3 is 19.5 Å². The van der Waals surface area contributed by atoms with Crippen molar-refractivity contribution in [3.8, 4) is 17.2 Å². The van der Waals surface area contributed by atoms with Crippen LogP contribution in [0.4, 0.5) is 0 Å². The van der Waals surface area contributed by atoms with Crippen molar-refractivity contribution >= 4 is 11.2 Å². The summed E-state index contributed by atoms with van der Waals surface area (Å²) in [6.07, 6.45) is -0.172. The Balaban J connectivity index is 1.78. The molecular formula is C17H16O4S. The van der Waals surface area contributed by atoms with E-state index in [1.165, 1.54) is 0 Å². The van der Waals surface area contributed by atoms with E-state index < -0.39 is 11.2 Å². The van der Waals surface area contributed by atoms with Gasteiger partial charge >= 0.3 is 0 Å². The second-order valence-corrected chi connectivity index (χ2v) is 7.44. The number of aromatic hydroxyl groups is 2. The monoisotopic (exact) mass is 316 g/mol. The Bertz CT molecular complexity index is 700. The highest BCUT2D eigenvalue weighted by atomic mass is 32.2. The molecule has 2 aliphatic rings. The molecule has 0 spiro atoms. The second-order valence-electron chi connectivity index (χ2n) is 5.90. The molecule has 0 amide bonds. The van der Waals surface area contributed by atoms with E-state index >= 15 is 0 Å². The Morgan fingerprint density at radius 3 is 2.50 bits per heavy atom. The molecular weight excluding hydrogens is 300 g/mol. The van der Waals surface area contributed by atoms with Crippen molar-refractivity contribution < 1.29 is 19.5 Å². The number of rotatable bonds is 1. The Kier molecular flexibility index (Phi) is 3.20. The summed E-state index contributed by atoms with van der Waals surface area (Å²) in [6, 6.07) is 12.1.